The Morgan fingerprint density at radius 3 is 2.75 bits per heavy atom. The summed E-state index contributed by atoms with van der Waals surface area (Å²) in [6.07, 6.45) is 1.40. The summed E-state index contributed by atoms with van der Waals surface area (Å²) in [7, 11) is -1.20. The van der Waals surface area contributed by atoms with Crippen molar-refractivity contribution in [2.45, 2.75) is 25.8 Å². The zero-order valence-electron chi connectivity index (χ0n) is 11.6. The Balaban J connectivity index is 2.17. The molecule has 1 fully saturated rings. The van der Waals surface area contributed by atoms with E-state index < -0.39 is 9.84 Å². The number of anilines is 2. The summed E-state index contributed by atoms with van der Waals surface area (Å²) < 4.78 is 28.4. The molecule has 8 nitrogen and oxygen atoms in total. The van der Waals surface area contributed by atoms with Gasteiger partial charge in [-0.25, -0.2) is 8.42 Å². The Hall–Kier alpha value is -1.64. The van der Waals surface area contributed by atoms with Crippen LogP contribution >= 0.6 is 0 Å². The first-order valence-electron chi connectivity index (χ1n) is 6.49. The zero-order chi connectivity index (χ0) is 14.8. The number of hydrogen-bond donors (Lipinski definition) is 1. The van der Waals surface area contributed by atoms with Crippen molar-refractivity contribution >= 4 is 21.7 Å². The molecule has 1 unspecified atom stereocenters. The molecule has 0 spiro atoms. The van der Waals surface area contributed by atoms with Crippen LogP contribution < -0.4 is 15.4 Å². The number of sulfone groups is 1. The van der Waals surface area contributed by atoms with E-state index in [1.165, 1.54) is 0 Å². The van der Waals surface area contributed by atoms with Crippen molar-refractivity contribution < 1.29 is 13.2 Å². The third kappa shape index (κ3) is 3.47. The van der Waals surface area contributed by atoms with E-state index in [0.29, 0.717) is 19.0 Å². The van der Waals surface area contributed by atoms with Crippen molar-refractivity contribution in [3.63, 3.8) is 0 Å². The molecule has 1 saturated heterocycles. The molecule has 9 heteroatoms. The van der Waals surface area contributed by atoms with E-state index in [0.717, 1.165) is 6.42 Å². The fourth-order valence-corrected chi connectivity index (χ4v) is 3.80. The number of nitrogens with two attached hydrogens (primary N) is 1. The molecule has 0 aliphatic carbocycles. The van der Waals surface area contributed by atoms with Crippen LogP contribution in [0.5, 0.6) is 6.01 Å². The first-order valence-corrected chi connectivity index (χ1v) is 8.31. The van der Waals surface area contributed by atoms with Crippen LogP contribution in [0.25, 0.3) is 0 Å². The fraction of sp³-hybridized carbons (Fsp3) is 0.727. The predicted molar refractivity (Wildman–Crippen MR) is 75.5 cm³/mol. The minimum Gasteiger partial charge on any atom is -0.463 e. The summed E-state index contributed by atoms with van der Waals surface area (Å²) in [5.74, 6) is 0.710. The van der Waals surface area contributed by atoms with E-state index in [2.05, 4.69) is 15.0 Å². The number of ether oxygens (including phenoxy) is 1. The minimum absolute atomic E-state index is 0.0637. The highest BCUT2D eigenvalue weighted by molar-refractivity contribution is 7.91. The Labute approximate surface area is 118 Å². The van der Waals surface area contributed by atoms with Crippen molar-refractivity contribution in [1.82, 2.24) is 15.0 Å². The first kappa shape index (κ1) is 14.8. The summed E-state index contributed by atoms with van der Waals surface area (Å²) in [6.45, 7) is 2.46. The van der Waals surface area contributed by atoms with Gasteiger partial charge in [0.1, 0.15) is 0 Å². The quantitative estimate of drug-likeness (QED) is 0.800. The molecule has 1 atom stereocenters. The van der Waals surface area contributed by atoms with Gasteiger partial charge in [-0.15, -0.1) is 0 Å². The van der Waals surface area contributed by atoms with Gasteiger partial charge in [-0.2, -0.15) is 15.0 Å². The lowest BCUT2D eigenvalue weighted by molar-refractivity contribution is 0.292. The SMILES string of the molecule is CCCOc1nc(N)nc(N(C)C2CCS(=O)(=O)C2)n1. The van der Waals surface area contributed by atoms with E-state index in [1.807, 2.05) is 6.92 Å². The maximum absolute atomic E-state index is 11.5. The van der Waals surface area contributed by atoms with Crippen LogP contribution in [-0.4, -0.2) is 54.6 Å². The number of nitrogen functional groups attached to an aromatic ring is 1. The van der Waals surface area contributed by atoms with E-state index in [9.17, 15) is 8.42 Å². The van der Waals surface area contributed by atoms with Crippen LogP contribution in [0.1, 0.15) is 19.8 Å². The number of aromatic nitrogens is 3. The van der Waals surface area contributed by atoms with Gasteiger partial charge in [0.05, 0.1) is 18.1 Å². The van der Waals surface area contributed by atoms with Crippen molar-refractivity contribution in [1.29, 1.82) is 0 Å². The van der Waals surface area contributed by atoms with Gasteiger partial charge in [-0.05, 0) is 12.8 Å². The normalized spacial score (nSPS) is 20.8. The molecule has 2 N–H and O–H groups in total. The molecule has 112 valence electrons. The molecule has 0 amide bonds. The molecule has 1 aromatic rings. The maximum atomic E-state index is 11.5. The van der Waals surface area contributed by atoms with E-state index >= 15 is 0 Å². The van der Waals surface area contributed by atoms with Crippen LogP contribution in [0.15, 0.2) is 0 Å². The summed E-state index contributed by atoms with van der Waals surface area (Å²) in [6, 6.07) is 0.0304. The number of hydrogen-bond acceptors (Lipinski definition) is 8. The van der Waals surface area contributed by atoms with Gasteiger partial charge in [0.2, 0.25) is 11.9 Å². The average Bonchev–Trinajstić information content (AvgIpc) is 2.75. The molecule has 0 bridgehead atoms. The predicted octanol–water partition coefficient (Wildman–Crippen LogP) is -0.134. The molecular formula is C11H19N5O3S. The highest BCUT2D eigenvalue weighted by atomic mass is 32.2. The van der Waals surface area contributed by atoms with Gasteiger partial charge < -0.3 is 15.4 Å². The minimum atomic E-state index is -2.96. The van der Waals surface area contributed by atoms with Crippen molar-refractivity contribution in [2.75, 3.05) is 35.8 Å². The fourth-order valence-electron chi connectivity index (χ4n) is 2.02. The van der Waals surface area contributed by atoms with E-state index in [-0.39, 0.29) is 29.5 Å². The maximum Gasteiger partial charge on any atom is 0.323 e. The summed E-state index contributed by atoms with van der Waals surface area (Å²) >= 11 is 0. The second-order valence-corrected chi connectivity index (χ2v) is 7.02. The standard InChI is InChI=1S/C11H19N5O3S/c1-3-5-19-11-14-9(12)13-10(15-11)16(2)8-4-6-20(17,18)7-8/h8H,3-7H2,1-2H3,(H2,12,13,14,15). The molecule has 2 heterocycles. The Bertz CT molecular complexity index is 577. The van der Waals surface area contributed by atoms with Crippen molar-refractivity contribution in [2.24, 2.45) is 0 Å². The van der Waals surface area contributed by atoms with Crippen molar-refractivity contribution in [3.8, 4) is 6.01 Å². The van der Waals surface area contributed by atoms with Crippen LogP contribution in [-0.2, 0) is 9.84 Å². The molecule has 0 aromatic carbocycles. The van der Waals surface area contributed by atoms with E-state index in [4.69, 9.17) is 10.5 Å². The van der Waals surface area contributed by atoms with Gasteiger partial charge in [-0.3, -0.25) is 0 Å². The molecular weight excluding hydrogens is 282 g/mol. The van der Waals surface area contributed by atoms with Crippen LogP contribution in [0.3, 0.4) is 0 Å². The lowest BCUT2D eigenvalue weighted by atomic mass is 10.2. The van der Waals surface area contributed by atoms with Crippen molar-refractivity contribution in [3.05, 3.63) is 0 Å². The van der Waals surface area contributed by atoms with Crippen LogP contribution in [0, 0.1) is 0 Å². The van der Waals surface area contributed by atoms with E-state index in [1.54, 1.807) is 11.9 Å². The van der Waals surface area contributed by atoms with Crippen LogP contribution in [0.4, 0.5) is 11.9 Å². The smallest absolute Gasteiger partial charge is 0.323 e. The van der Waals surface area contributed by atoms with Gasteiger partial charge in [0.25, 0.3) is 0 Å². The average molecular weight is 301 g/mol. The highest BCUT2D eigenvalue weighted by Crippen LogP contribution is 2.21. The highest BCUT2D eigenvalue weighted by Gasteiger charge is 2.32. The molecule has 1 aromatic heterocycles. The Morgan fingerprint density at radius 2 is 2.15 bits per heavy atom. The monoisotopic (exact) mass is 301 g/mol. The summed E-state index contributed by atoms with van der Waals surface area (Å²) in [5.41, 5.74) is 5.63. The summed E-state index contributed by atoms with van der Waals surface area (Å²) in [4.78, 5) is 13.8. The van der Waals surface area contributed by atoms with Gasteiger partial charge in [-0.1, -0.05) is 6.92 Å². The third-order valence-corrected chi connectivity index (χ3v) is 4.88. The first-order chi connectivity index (χ1) is 9.41. The molecule has 20 heavy (non-hydrogen) atoms. The molecule has 2 rings (SSSR count). The number of rotatable bonds is 5. The lowest BCUT2D eigenvalue weighted by Crippen LogP contribution is -2.34. The topological polar surface area (TPSA) is 111 Å². The molecule has 1 aliphatic rings. The summed E-state index contributed by atoms with van der Waals surface area (Å²) in [5, 5.41) is 0. The molecule has 0 saturated carbocycles. The largest absolute Gasteiger partial charge is 0.463 e. The van der Waals surface area contributed by atoms with Gasteiger partial charge >= 0.3 is 6.01 Å². The Morgan fingerprint density at radius 1 is 1.40 bits per heavy atom. The van der Waals surface area contributed by atoms with Gasteiger partial charge in [0, 0.05) is 13.1 Å². The van der Waals surface area contributed by atoms with Gasteiger partial charge in [0.15, 0.2) is 9.84 Å². The van der Waals surface area contributed by atoms with Crippen LogP contribution in [0.2, 0.25) is 0 Å². The zero-order valence-corrected chi connectivity index (χ0v) is 12.4. The lowest BCUT2D eigenvalue weighted by Gasteiger charge is -2.23. The second kappa shape index (κ2) is 5.78. The Kier molecular flexibility index (Phi) is 4.26. The molecule has 0 radical (unpaired) electrons. The third-order valence-electron chi connectivity index (χ3n) is 3.13. The second-order valence-electron chi connectivity index (χ2n) is 4.79. The number of nitrogens with zero attached hydrogens (tertiary/aromatic N) is 4. The molecule has 1 aliphatic heterocycles.